The zero-order valence-electron chi connectivity index (χ0n) is 17.5. The minimum atomic E-state index is -1.50. The number of carbonyl (C=O) groups excluding carboxylic acids is 2. The van der Waals surface area contributed by atoms with Crippen molar-refractivity contribution in [3.8, 4) is 23.0 Å². The van der Waals surface area contributed by atoms with Crippen LogP contribution in [0.4, 0.5) is 11.4 Å². The Bertz CT molecular complexity index is 999. The topological polar surface area (TPSA) is 99.0 Å². The van der Waals surface area contributed by atoms with Crippen molar-refractivity contribution in [1.82, 2.24) is 0 Å². The summed E-state index contributed by atoms with van der Waals surface area (Å²) in [5.74, 6) is 0.0508. The number of ether oxygens (including phenoxy) is 4. The van der Waals surface area contributed by atoms with Crippen LogP contribution in [0, 0.1) is 0 Å². The molecule has 0 saturated carbocycles. The van der Waals surface area contributed by atoms with Gasteiger partial charge in [-0.3, -0.25) is 9.59 Å². The first kappa shape index (κ1) is 24.2. The van der Waals surface area contributed by atoms with E-state index in [0.29, 0.717) is 17.2 Å². The third kappa shape index (κ3) is 5.56. The number of halogens is 2. The normalized spacial score (nSPS) is 11.7. The largest absolute Gasteiger partial charge is 0.497 e. The molecular weight excluding hydrogens is 449 g/mol. The number of azo groups is 1. The summed E-state index contributed by atoms with van der Waals surface area (Å²) in [5.41, 5.74) is 0.414. The van der Waals surface area contributed by atoms with Gasteiger partial charge in [0.1, 0.15) is 34.4 Å². The van der Waals surface area contributed by atoms with E-state index in [1.54, 1.807) is 12.1 Å². The van der Waals surface area contributed by atoms with E-state index in [2.05, 4.69) is 10.2 Å². The average molecular weight is 470 g/mol. The molecule has 9 nitrogen and oxygen atoms in total. The number of carbonyl (C=O) groups is 2. The number of ketones is 1. The summed E-state index contributed by atoms with van der Waals surface area (Å²) >= 11 is 12.3. The smallest absolute Gasteiger partial charge is 0.276 e. The van der Waals surface area contributed by atoms with Crippen LogP contribution in [0.15, 0.2) is 40.6 Å². The molecule has 0 aromatic heterocycles. The van der Waals surface area contributed by atoms with Gasteiger partial charge in [0.25, 0.3) is 5.91 Å². The molecule has 11 heteroatoms. The van der Waals surface area contributed by atoms with E-state index in [-0.39, 0.29) is 22.1 Å². The highest BCUT2D eigenvalue weighted by atomic mass is 35.5. The Morgan fingerprint density at radius 1 is 0.935 bits per heavy atom. The fraction of sp³-hybridized carbons (Fsp3) is 0.300. The molecule has 1 unspecified atom stereocenters. The molecule has 0 aliphatic heterocycles. The van der Waals surface area contributed by atoms with Crippen molar-refractivity contribution in [3.63, 3.8) is 0 Å². The zero-order chi connectivity index (χ0) is 23.1. The van der Waals surface area contributed by atoms with E-state index >= 15 is 0 Å². The molecule has 2 rings (SSSR count). The number of anilines is 1. The van der Waals surface area contributed by atoms with Crippen molar-refractivity contribution in [2.24, 2.45) is 10.2 Å². The summed E-state index contributed by atoms with van der Waals surface area (Å²) in [7, 11) is 5.78. The first-order valence-electron chi connectivity index (χ1n) is 8.81. The van der Waals surface area contributed by atoms with Crippen LogP contribution < -0.4 is 23.4 Å². The lowest BCUT2D eigenvalue weighted by atomic mass is 10.2. The predicted molar refractivity (Wildman–Crippen MR) is 116 cm³/mol. The third-order valence-electron chi connectivity index (χ3n) is 4.15. The number of hydrogen-bond acceptors (Lipinski definition) is 8. The molecule has 0 aliphatic rings. The van der Waals surface area contributed by atoms with Gasteiger partial charge in [-0.25, -0.2) is 4.42 Å². The van der Waals surface area contributed by atoms with Gasteiger partial charge in [-0.1, -0.05) is 11.6 Å². The molecule has 0 spiro atoms. The summed E-state index contributed by atoms with van der Waals surface area (Å²) < 4.78 is 21.5. The monoisotopic (exact) mass is 469 g/mol. The van der Waals surface area contributed by atoms with E-state index < -0.39 is 17.7 Å². The fourth-order valence-electron chi connectivity index (χ4n) is 2.52. The fourth-order valence-corrected chi connectivity index (χ4v) is 2.99. The molecule has 0 bridgehead atoms. The highest BCUT2D eigenvalue weighted by Crippen LogP contribution is 2.38. The predicted octanol–water partition coefficient (Wildman–Crippen LogP) is 4.60. The second kappa shape index (κ2) is 10.8. The number of benzene rings is 2. The molecule has 0 fully saturated rings. The summed E-state index contributed by atoms with van der Waals surface area (Å²) in [5, 5.41) is 8.13. The third-order valence-corrected chi connectivity index (χ3v) is 4.79. The number of Topliss-reactive ketones (excluding diaryl/α,β-unsaturated/α-hetero) is 1. The maximum atomic E-state index is 12.9. The molecule has 31 heavy (non-hydrogen) atoms. The number of rotatable bonds is 9. The van der Waals surface area contributed by atoms with Gasteiger partial charge >= 0.3 is 0 Å². The second-order valence-corrected chi connectivity index (χ2v) is 6.79. The van der Waals surface area contributed by atoms with Crippen LogP contribution in [0.25, 0.3) is 0 Å². The molecule has 1 atom stereocenters. The van der Waals surface area contributed by atoms with Crippen molar-refractivity contribution in [2.75, 3.05) is 32.9 Å². The number of amides is 1. The summed E-state index contributed by atoms with van der Waals surface area (Å²) in [6.45, 7) is 1.20. The Balaban J connectivity index is 2.38. The number of nitrogens with zero attached hydrogens (tertiary/aromatic N) is 3. The quantitative estimate of drug-likeness (QED) is 0.302. The minimum Gasteiger partial charge on any atom is -0.497 e. The van der Waals surface area contributed by atoms with Gasteiger partial charge < -0.3 is 18.9 Å². The lowest BCUT2D eigenvalue weighted by Gasteiger charge is -2.19. The second-order valence-electron chi connectivity index (χ2n) is 6.04. The Hall–Kier alpha value is -3.04. The molecule has 2 aromatic carbocycles. The van der Waals surface area contributed by atoms with Gasteiger partial charge in [-0.15, -0.1) is 0 Å². The average Bonchev–Trinajstić information content (AvgIpc) is 2.77. The van der Waals surface area contributed by atoms with E-state index in [9.17, 15) is 9.59 Å². The summed E-state index contributed by atoms with van der Waals surface area (Å²) in [6, 6.07) is 6.10. The molecule has 166 valence electrons. The molecule has 2 aromatic rings. The van der Waals surface area contributed by atoms with E-state index in [4.69, 9.17) is 42.3 Å². The van der Waals surface area contributed by atoms with Gasteiger partial charge in [-0.2, -0.15) is 10.2 Å². The van der Waals surface area contributed by atoms with Crippen molar-refractivity contribution < 1.29 is 28.5 Å². The Morgan fingerprint density at radius 3 is 2.13 bits per heavy atom. The molecular formula is C20H21Cl2N3O6. The van der Waals surface area contributed by atoms with Crippen LogP contribution in [0.5, 0.6) is 23.0 Å². The SMILES string of the molecule is COc1ccc(N(Cl)C(=O)C(N=Nc2cc(Cl)c(OC)cc2OC)C(C)=O)c(OC)c1. The number of hydrogen-bond donors (Lipinski definition) is 0. The Kier molecular flexibility index (Phi) is 8.47. The van der Waals surface area contributed by atoms with Gasteiger partial charge in [0.15, 0.2) is 5.78 Å². The zero-order valence-corrected chi connectivity index (χ0v) is 19.0. The lowest BCUT2D eigenvalue weighted by Crippen LogP contribution is -2.36. The maximum absolute atomic E-state index is 12.9. The highest BCUT2D eigenvalue weighted by molar-refractivity contribution is 6.39. The first-order valence-corrected chi connectivity index (χ1v) is 9.53. The van der Waals surface area contributed by atoms with Gasteiger partial charge in [0, 0.05) is 23.9 Å². The molecule has 0 saturated heterocycles. The summed E-state index contributed by atoms with van der Waals surface area (Å²) in [4.78, 5) is 25.0. The van der Waals surface area contributed by atoms with Crippen molar-refractivity contribution in [1.29, 1.82) is 0 Å². The standard InChI is InChI=1S/C20H21Cl2N3O6/c1-11(26)19(24-23-14-9-13(21)16(29-3)10-17(14)30-4)20(27)25(22)15-7-6-12(28-2)8-18(15)31-5/h6-10,19H,1-5H3. The van der Waals surface area contributed by atoms with Crippen LogP contribution in [0.2, 0.25) is 5.02 Å². The van der Waals surface area contributed by atoms with E-state index in [0.717, 1.165) is 4.42 Å². The Labute approximate surface area is 189 Å². The van der Waals surface area contributed by atoms with Crippen LogP contribution >= 0.6 is 23.4 Å². The van der Waals surface area contributed by atoms with Gasteiger partial charge in [-0.05, 0) is 25.1 Å². The van der Waals surface area contributed by atoms with Crippen LogP contribution in [0.1, 0.15) is 6.92 Å². The van der Waals surface area contributed by atoms with Crippen LogP contribution in [0.3, 0.4) is 0 Å². The molecule has 0 heterocycles. The van der Waals surface area contributed by atoms with Crippen molar-refractivity contribution in [3.05, 3.63) is 35.4 Å². The molecule has 0 radical (unpaired) electrons. The van der Waals surface area contributed by atoms with Crippen LogP contribution in [-0.4, -0.2) is 46.2 Å². The van der Waals surface area contributed by atoms with Crippen LogP contribution in [-0.2, 0) is 9.59 Å². The van der Waals surface area contributed by atoms with E-state index in [1.807, 2.05) is 0 Å². The highest BCUT2D eigenvalue weighted by Gasteiger charge is 2.30. The lowest BCUT2D eigenvalue weighted by molar-refractivity contribution is -0.126. The van der Waals surface area contributed by atoms with Gasteiger partial charge in [0.05, 0.1) is 33.5 Å². The minimum absolute atomic E-state index is 0.204. The Morgan fingerprint density at radius 2 is 1.58 bits per heavy atom. The maximum Gasteiger partial charge on any atom is 0.276 e. The van der Waals surface area contributed by atoms with E-state index in [1.165, 1.54) is 53.6 Å². The number of methoxy groups -OCH3 is 4. The van der Waals surface area contributed by atoms with Gasteiger partial charge in [0.2, 0.25) is 6.04 Å². The molecule has 0 aliphatic carbocycles. The van der Waals surface area contributed by atoms with Crippen molar-refractivity contribution >= 4 is 46.4 Å². The molecule has 0 N–H and O–H groups in total. The molecule has 1 amide bonds. The van der Waals surface area contributed by atoms with Crippen molar-refractivity contribution in [2.45, 2.75) is 13.0 Å². The first-order chi connectivity index (χ1) is 14.8. The summed E-state index contributed by atoms with van der Waals surface area (Å²) in [6.07, 6.45) is 0.